The quantitative estimate of drug-likeness (QED) is 0.839. The van der Waals surface area contributed by atoms with Crippen LogP contribution in [-0.4, -0.2) is 30.2 Å². The summed E-state index contributed by atoms with van der Waals surface area (Å²) in [5.41, 5.74) is 2.56. The Kier molecular flexibility index (Phi) is 6.12. The molecule has 1 aromatic rings. The highest BCUT2D eigenvalue weighted by Crippen LogP contribution is 2.25. The van der Waals surface area contributed by atoms with Crippen molar-refractivity contribution in [1.29, 1.82) is 0 Å². The van der Waals surface area contributed by atoms with Crippen molar-refractivity contribution >= 4 is 0 Å². The fourth-order valence-electron chi connectivity index (χ4n) is 2.96. The minimum absolute atomic E-state index is 0.0285. The van der Waals surface area contributed by atoms with Crippen molar-refractivity contribution in [2.24, 2.45) is 11.8 Å². The third kappa shape index (κ3) is 4.48. The van der Waals surface area contributed by atoms with Crippen molar-refractivity contribution in [2.75, 3.05) is 20.2 Å². The van der Waals surface area contributed by atoms with Crippen LogP contribution in [0.25, 0.3) is 0 Å². The lowest BCUT2D eigenvalue weighted by atomic mass is 9.87. The Balaban J connectivity index is 1.96. The van der Waals surface area contributed by atoms with Crippen molar-refractivity contribution in [3.8, 4) is 0 Å². The Bertz CT molecular complexity index is 444. The van der Waals surface area contributed by atoms with E-state index in [4.69, 9.17) is 9.72 Å². The number of hydrogen-bond acceptors (Lipinski definition) is 4. The van der Waals surface area contributed by atoms with Crippen molar-refractivity contribution in [3.63, 3.8) is 0 Å². The van der Waals surface area contributed by atoms with E-state index >= 15 is 0 Å². The van der Waals surface area contributed by atoms with E-state index in [9.17, 15) is 0 Å². The zero-order valence-electron chi connectivity index (χ0n) is 13.9. The first-order chi connectivity index (χ1) is 10.1. The van der Waals surface area contributed by atoms with Crippen LogP contribution in [0, 0.1) is 11.8 Å². The van der Waals surface area contributed by atoms with Gasteiger partial charge in [-0.2, -0.15) is 0 Å². The standard InChI is InChI=1S/C17H29N3O/c1-5-16(21-4)17-19-11-14-8-13(6-7-15(14)20-17)10-18-9-12(2)3/h11-13,16,18H,5-10H2,1-4H3. The first-order valence-corrected chi connectivity index (χ1v) is 8.22. The summed E-state index contributed by atoms with van der Waals surface area (Å²) < 4.78 is 5.44. The third-order valence-electron chi connectivity index (χ3n) is 4.20. The molecule has 0 spiro atoms. The summed E-state index contributed by atoms with van der Waals surface area (Å²) in [6.45, 7) is 8.81. The topological polar surface area (TPSA) is 47.0 Å². The van der Waals surface area contributed by atoms with E-state index in [1.165, 1.54) is 17.7 Å². The van der Waals surface area contributed by atoms with E-state index in [1.54, 1.807) is 7.11 Å². The van der Waals surface area contributed by atoms with E-state index in [2.05, 4.69) is 31.1 Å². The fraction of sp³-hybridized carbons (Fsp3) is 0.765. The van der Waals surface area contributed by atoms with Gasteiger partial charge in [-0.25, -0.2) is 9.97 Å². The van der Waals surface area contributed by atoms with Gasteiger partial charge in [-0.3, -0.25) is 0 Å². The van der Waals surface area contributed by atoms with Crippen molar-refractivity contribution < 1.29 is 4.74 Å². The number of methoxy groups -OCH3 is 1. The molecule has 4 nitrogen and oxygen atoms in total. The molecule has 1 heterocycles. The lowest BCUT2D eigenvalue weighted by Gasteiger charge is -2.25. The summed E-state index contributed by atoms with van der Waals surface area (Å²) in [6, 6.07) is 0. The molecule has 0 aliphatic heterocycles. The Labute approximate surface area is 128 Å². The second-order valence-electron chi connectivity index (χ2n) is 6.49. The van der Waals surface area contributed by atoms with Crippen LogP contribution in [0.5, 0.6) is 0 Å². The molecule has 2 unspecified atom stereocenters. The Hall–Kier alpha value is -1.00. The Morgan fingerprint density at radius 1 is 1.43 bits per heavy atom. The normalized spacial score (nSPS) is 19.6. The molecule has 0 fully saturated rings. The maximum absolute atomic E-state index is 5.44. The first-order valence-electron chi connectivity index (χ1n) is 8.22. The minimum atomic E-state index is 0.0285. The predicted octanol–water partition coefficient (Wildman–Crippen LogP) is 2.92. The summed E-state index contributed by atoms with van der Waals surface area (Å²) in [7, 11) is 1.73. The summed E-state index contributed by atoms with van der Waals surface area (Å²) >= 11 is 0. The van der Waals surface area contributed by atoms with Crippen LogP contribution in [-0.2, 0) is 17.6 Å². The molecular weight excluding hydrogens is 262 g/mol. The molecule has 2 rings (SSSR count). The summed E-state index contributed by atoms with van der Waals surface area (Å²) in [4.78, 5) is 9.26. The van der Waals surface area contributed by atoms with E-state index < -0.39 is 0 Å². The smallest absolute Gasteiger partial charge is 0.157 e. The van der Waals surface area contributed by atoms with E-state index in [1.807, 2.05) is 6.20 Å². The summed E-state index contributed by atoms with van der Waals surface area (Å²) in [5, 5.41) is 3.57. The van der Waals surface area contributed by atoms with Crippen LogP contribution in [0.4, 0.5) is 0 Å². The molecular formula is C17H29N3O. The first kappa shape index (κ1) is 16.4. The monoisotopic (exact) mass is 291 g/mol. The van der Waals surface area contributed by atoms with Gasteiger partial charge in [0.1, 0.15) is 6.10 Å². The van der Waals surface area contributed by atoms with Gasteiger partial charge in [-0.15, -0.1) is 0 Å². The highest BCUT2D eigenvalue weighted by molar-refractivity contribution is 5.22. The number of aryl methyl sites for hydroxylation is 1. The average molecular weight is 291 g/mol. The molecule has 2 atom stereocenters. The fourth-order valence-corrected chi connectivity index (χ4v) is 2.96. The highest BCUT2D eigenvalue weighted by Gasteiger charge is 2.22. The Morgan fingerprint density at radius 3 is 2.90 bits per heavy atom. The maximum atomic E-state index is 5.44. The minimum Gasteiger partial charge on any atom is -0.373 e. The molecule has 1 aromatic heterocycles. The number of nitrogens with zero attached hydrogens (tertiary/aromatic N) is 2. The molecule has 1 aliphatic rings. The SMILES string of the molecule is CCC(OC)c1ncc2c(n1)CCC(CNCC(C)C)C2. The molecule has 1 N–H and O–H groups in total. The molecule has 1 aliphatic carbocycles. The third-order valence-corrected chi connectivity index (χ3v) is 4.20. The van der Waals surface area contributed by atoms with Gasteiger partial charge in [0.15, 0.2) is 5.82 Å². The van der Waals surface area contributed by atoms with Gasteiger partial charge >= 0.3 is 0 Å². The number of ether oxygens (including phenoxy) is 1. The van der Waals surface area contributed by atoms with Crippen LogP contribution in [0.1, 0.15) is 56.8 Å². The van der Waals surface area contributed by atoms with Gasteiger partial charge in [-0.05, 0) is 56.2 Å². The summed E-state index contributed by atoms with van der Waals surface area (Å²) in [5.74, 6) is 2.28. The van der Waals surface area contributed by atoms with Crippen molar-refractivity contribution in [3.05, 3.63) is 23.3 Å². The molecule has 21 heavy (non-hydrogen) atoms. The van der Waals surface area contributed by atoms with Gasteiger partial charge in [0.2, 0.25) is 0 Å². The van der Waals surface area contributed by atoms with Crippen LogP contribution in [0.3, 0.4) is 0 Å². The molecule has 0 amide bonds. The highest BCUT2D eigenvalue weighted by atomic mass is 16.5. The second-order valence-corrected chi connectivity index (χ2v) is 6.49. The zero-order valence-corrected chi connectivity index (χ0v) is 13.9. The maximum Gasteiger partial charge on any atom is 0.157 e. The lowest BCUT2D eigenvalue weighted by molar-refractivity contribution is 0.0922. The van der Waals surface area contributed by atoms with Gasteiger partial charge in [-0.1, -0.05) is 20.8 Å². The van der Waals surface area contributed by atoms with Crippen molar-refractivity contribution in [2.45, 2.75) is 52.6 Å². The van der Waals surface area contributed by atoms with Gasteiger partial charge in [0.25, 0.3) is 0 Å². The van der Waals surface area contributed by atoms with Crippen LogP contribution >= 0.6 is 0 Å². The average Bonchev–Trinajstić information content (AvgIpc) is 2.48. The van der Waals surface area contributed by atoms with E-state index in [-0.39, 0.29) is 6.10 Å². The molecule has 4 heteroatoms. The van der Waals surface area contributed by atoms with Gasteiger partial charge < -0.3 is 10.1 Å². The number of fused-ring (bicyclic) bond motifs is 1. The number of hydrogen-bond donors (Lipinski definition) is 1. The molecule has 0 bridgehead atoms. The predicted molar refractivity (Wildman–Crippen MR) is 85.3 cm³/mol. The lowest BCUT2D eigenvalue weighted by Crippen LogP contribution is -2.30. The molecule has 0 saturated heterocycles. The Morgan fingerprint density at radius 2 is 2.24 bits per heavy atom. The van der Waals surface area contributed by atoms with Gasteiger partial charge in [0, 0.05) is 19.0 Å². The molecule has 0 saturated carbocycles. The molecule has 118 valence electrons. The number of aromatic nitrogens is 2. The van der Waals surface area contributed by atoms with Crippen LogP contribution in [0.15, 0.2) is 6.20 Å². The molecule has 0 aromatic carbocycles. The van der Waals surface area contributed by atoms with Gasteiger partial charge in [0.05, 0.1) is 0 Å². The number of nitrogens with one attached hydrogen (secondary N) is 1. The second kappa shape index (κ2) is 7.85. The van der Waals surface area contributed by atoms with E-state index in [0.717, 1.165) is 44.1 Å². The number of rotatable bonds is 7. The largest absolute Gasteiger partial charge is 0.373 e. The van der Waals surface area contributed by atoms with E-state index in [0.29, 0.717) is 5.92 Å². The zero-order chi connectivity index (χ0) is 15.2. The van der Waals surface area contributed by atoms with Crippen LogP contribution < -0.4 is 5.32 Å². The van der Waals surface area contributed by atoms with Crippen LogP contribution in [0.2, 0.25) is 0 Å². The summed E-state index contributed by atoms with van der Waals surface area (Å²) in [6.07, 6.45) is 6.35. The van der Waals surface area contributed by atoms with Crippen molar-refractivity contribution in [1.82, 2.24) is 15.3 Å². The molecule has 0 radical (unpaired) electrons.